The number of amides is 2. The van der Waals surface area contributed by atoms with Crippen molar-refractivity contribution in [2.24, 2.45) is 5.41 Å². The Kier molecular flexibility index (Phi) is 5.89. The summed E-state index contributed by atoms with van der Waals surface area (Å²) in [4.78, 5) is 26.2. The standard InChI is InChI=1S/C21H26N2O3/c1-2-19(24)22-15-17-5-7-18(8-6-17)20(25)23-12-4-3-9-21(16-23)10-13-26-14-11-21/h2-8H,1,9-16H2,(H,22,24). The summed E-state index contributed by atoms with van der Waals surface area (Å²) in [5, 5.41) is 2.73. The molecule has 1 aromatic carbocycles. The maximum absolute atomic E-state index is 13.0. The molecule has 2 heterocycles. The Hall–Kier alpha value is -2.40. The minimum atomic E-state index is -0.205. The van der Waals surface area contributed by atoms with Crippen LogP contribution in [0.15, 0.2) is 49.1 Å². The zero-order valence-electron chi connectivity index (χ0n) is 15.1. The molecule has 0 bridgehead atoms. The average Bonchev–Trinajstić information content (AvgIpc) is 2.89. The van der Waals surface area contributed by atoms with Crippen molar-refractivity contribution in [2.75, 3.05) is 26.3 Å². The molecule has 5 heteroatoms. The van der Waals surface area contributed by atoms with Gasteiger partial charge in [0, 0.05) is 38.4 Å². The maximum Gasteiger partial charge on any atom is 0.254 e. The van der Waals surface area contributed by atoms with E-state index in [-0.39, 0.29) is 17.2 Å². The second kappa shape index (κ2) is 8.32. The second-order valence-electron chi connectivity index (χ2n) is 7.09. The van der Waals surface area contributed by atoms with Crippen molar-refractivity contribution in [3.05, 3.63) is 60.2 Å². The van der Waals surface area contributed by atoms with Crippen molar-refractivity contribution in [3.63, 3.8) is 0 Å². The lowest BCUT2D eigenvalue weighted by Gasteiger charge is -2.39. The summed E-state index contributed by atoms with van der Waals surface area (Å²) in [5.74, 6) is -0.146. The normalized spacial score (nSPS) is 19.0. The van der Waals surface area contributed by atoms with Crippen molar-refractivity contribution in [3.8, 4) is 0 Å². The highest BCUT2D eigenvalue weighted by atomic mass is 16.5. The van der Waals surface area contributed by atoms with E-state index in [1.165, 1.54) is 6.08 Å². The predicted octanol–water partition coefficient (Wildman–Crippen LogP) is 2.69. The minimum Gasteiger partial charge on any atom is -0.381 e. The van der Waals surface area contributed by atoms with Gasteiger partial charge in [-0.3, -0.25) is 9.59 Å². The van der Waals surface area contributed by atoms with Crippen LogP contribution in [0.4, 0.5) is 0 Å². The first-order chi connectivity index (χ1) is 12.6. The second-order valence-corrected chi connectivity index (χ2v) is 7.09. The summed E-state index contributed by atoms with van der Waals surface area (Å²) in [5.41, 5.74) is 1.78. The fourth-order valence-corrected chi connectivity index (χ4v) is 3.60. The lowest BCUT2D eigenvalue weighted by Crippen LogP contribution is -2.43. The topological polar surface area (TPSA) is 58.6 Å². The lowest BCUT2D eigenvalue weighted by atomic mass is 9.77. The van der Waals surface area contributed by atoms with Gasteiger partial charge in [-0.15, -0.1) is 0 Å². The van der Waals surface area contributed by atoms with Crippen LogP contribution in [-0.2, 0) is 16.1 Å². The van der Waals surface area contributed by atoms with Gasteiger partial charge in [0.2, 0.25) is 5.91 Å². The van der Waals surface area contributed by atoms with Crippen LogP contribution in [-0.4, -0.2) is 43.0 Å². The van der Waals surface area contributed by atoms with Crippen molar-refractivity contribution < 1.29 is 14.3 Å². The highest BCUT2D eigenvalue weighted by Gasteiger charge is 2.35. The first kappa shape index (κ1) is 18.4. The van der Waals surface area contributed by atoms with Crippen LogP contribution in [0.2, 0.25) is 0 Å². The molecule has 0 saturated carbocycles. The van der Waals surface area contributed by atoms with Gasteiger partial charge in [-0.1, -0.05) is 30.9 Å². The number of allylic oxidation sites excluding steroid dienone is 1. The molecule has 1 aromatic rings. The van der Waals surface area contributed by atoms with Gasteiger partial charge in [0.25, 0.3) is 5.91 Å². The number of carbonyl (C=O) groups is 2. The van der Waals surface area contributed by atoms with E-state index in [9.17, 15) is 9.59 Å². The third-order valence-corrected chi connectivity index (χ3v) is 5.26. The molecule has 3 rings (SSSR count). The van der Waals surface area contributed by atoms with Crippen molar-refractivity contribution in [2.45, 2.75) is 25.8 Å². The van der Waals surface area contributed by atoms with E-state index in [1.807, 2.05) is 29.2 Å². The molecule has 0 unspecified atom stereocenters. The molecule has 1 N–H and O–H groups in total. The summed E-state index contributed by atoms with van der Waals surface area (Å²) >= 11 is 0. The lowest BCUT2D eigenvalue weighted by molar-refractivity contribution is -0.116. The van der Waals surface area contributed by atoms with Crippen LogP contribution >= 0.6 is 0 Å². The van der Waals surface area contributed by atoms with Gasteiger partial charge in [0.1, 0.15) is 0 Å². The fourth-order valence-electron chi connectivity index (χ4n) is 3.60. The Morgan fingerprint density at radius 2 is 1.92 bits per heavy atom. The molecule has 5 nitrogen and oxygen atoms in total. The first-order valence-electron chi connectivity index (χ1n) is 9.13. The fraction of sp³-hybridized carbons (Fsp3) is 0.429. The third-order valence-electron chi connectivity index (χ3n) is 5.26. The molecule has 0 aliphatic carbocycles. The van der Waals surface area contributed by atoms with Crippen molar-refractivity contribution >= 4 is 11.8 Å². The predicted molar refractivity (Wildman–Crippen MR) is 101 cm³/mol. The van der Waals surface area contributed by atoms with E-state index in [4.69, 9.17) is 4.74 Å². The quantitative estimate of drug-likeness (QED) is 0.668. The molecule has 2 aliphatic heterocycles. The number of nitrogens with one attached hydrogen (secondary N) is 1. The van der Waals surface area contributed by atoms with E-state index in [1.54, 1.807) is 0 Å². The van der Waals surface area contributed by atoms with Gasteiger partial charge >= 0.3 is 0 Å². The van der Waals surface area contributed by atoms with Gasteiger partial charge in [-0.05, 0) is 48.4 Å². The Bertz CT molecular complexity index is 688. The molecule has 1 saturated heterocycles. The number of nitrogens with zero attached hydrogens (tertiary/aromatic N) is 1. The molecule has 1 spiro atoms. The van der Waals surface area contributed by atoms with Gasteiger partial charge in [-0.2, -0.15) is 0 Å². The highest BCUT2D eigenvalue weighted by Crippen LogP contribution is 2.37. The minimum absolute atomic E-state index is 0.0593. The first-order valence-corrected chi connectivity index (χ1v) is 9.13. The summed E-state index contributed by atoms with van der Waals surface area (Å²) < 4.78 is 5.52. The van der Waals surface area contributed by atoms with Crippen LogP contribution in [0.1, 0.15) is 35.2 Å². The van der Waals surface area contributed by atoms with Crippen LogP contribution < -0.4 is 5.32 Å². The van der Waals surface area contributed by atoms with E-state index >= 15 is 0 Å². The SMILES string of the molecule is C=CC(=O)NCc1ccc(C(=O)N2CC=CCC3(CCOCC3)C2)cc1. The average molecular weight is 354 g/mol. The largest absolute Gasteiger partial charge is 0.381 e. The molecule has 0 radical (unpaired) electrons. The van der Waals surface area contributed by atoms with E-state index < -0.39 is 0 Å². The number of carbonyl (C=O) groups excluding carboxylic acids is 2. The van der Waals surface area contributed by atoms with Crippen LogP contribution in [0.25, 0.3) is 0 Å². The smallest absolute Gasteiger partial charge is 0.254 e. The van der Waals surface area contributed by atoms with Crippen LogP contribution in [0.5, 0.6) is 0 Å². The van der Waals surface area contributed by atoms with E-state index in [0.29, 0.717) is 18.7 Å². The van der Waals surface area contributed by atoms with E-state index in [0.717, 1.165) is 44.6 Å². The van der Waals surface area contributed by atoms with Crippen molar-refractivity contribution in [1.29, 1.82) is 0 Å². The molecule has 0 aromatic heterocycles. The molecule has 26 heavy (non-hydrogen) atoms. The zero-order valence-corrected chi connectivity index (χ0v) is 15.1. The monoisotopic (exact) mass is 354 g/mol. The van der Waals surface area contributed by atoms with Crippen LogP contribution in [0.3, 0.4) is 0 Å². The molecular weight excluding hydrogens is 328 g/mol. The van der Waals surface area contributed by atoms with Gasteiger partial charge in [-0.25, -0.2) is 0 Å². The Morgan fingerprint density at radius 1 is 1.19 bits per heavy atom. The molecule has 1 fully saturated rings. The zero-order chi connectivity index (χ0) is 18.4. The number of hydrogen-bond donors (Lipinski definition) is 1. The highest BCUT2D eigenvalue weighted by molar-refractivity contribution is 5.94. The van der Waals surface area contributed by atoms with Gasteiger partial charge in [0.15, 0.2) is 0 Å². The molecular formula is C21H26N2O3. The molecule has 0 atom stereocenters. The van der Waals surface area contributed by atoms with E-state index in [2.05, 4.69) is 24.0 Å². The summed E-state index contributed by atoms with van der Waals surface area (Å²) in [7, 11) is 0. The number of benzene rings is 1. The number of hydrogen-bond acceptors (Lipinski definition) is 3. The van der Waals surface area contributed by atoms with Gasteiger partial charge in [0.05, 0.1) is 0 Å². The molecule has 2 aliphatic rings. The van der Waals surface area contributed by atoms with Gasteiger partial charge < -0.3 is 15.0 Å². The van der Waals surface area contributed by atoms with Crippen molar-refractivity contribution in [1.82, 2.24) is 10.2 Å². The summed E-state index contributed by atoms with van der Waals surface area (Å²) in [6.07, 6.45) is 8.58. The Morgan fingerprint density at radius 3 is 2.62 bits per heavy atom. The Balaban J connectivity index is 1.66. The summed E-state index contributed by atoms with van der Waals surface area (Å²) in [6.45, 7) is 6.84. The number of rotatable bonds is 4. The third kappa shape index (κ3) is 4.41. The number of ether oxygens (including phenoxy) is 1. The van der Waals surface area contributed by atoms with Crippen LogP contribution in [0, 0.1) is 5.41 Å². The Labute approximate surface area is 154 Å². The summed E-state index contributed by atoms with van der Waals surface area (Å²) in [6, 6.07) is 7.44. The maximum atomic E-state index is 13.0. The molecule has 138 valence electrons. The molecule has 2 amide bonds.